The summed E-state index contributed by atoms with van der Waals surface area (Å²) in [4.78, 5) is 23.4. The first kappa shape index (κ1) is 21.2. The second kappa shape index (κ2) is 9.41. The molecule has 8 nitrogen and oxygen atoms in total. The third-order valence-electron chi connectivity index (χ3n) is 6.11. The minimum Gasteiger partial charge on any atom is -0.496 e. The van der Waals surface area contributed by atoms with Crippen molar-refractivity contribution in [2.45, 2.75) is 38.0 Å². The fourth-order valence-corrected chi connectivity index (χ4v) is 4.05. The number of methoxy groups -OCH3 is 2. The van der Waals surface area contributed by atoms with Gasteiger partial charge in [-0.25, -0.2) is 9.97 Å². The van der Waals surface area contributed by atoms with Crippen molar-refractivity contribution in [3.8, 4) is 17.2 Å². The van der Waals surface area contributed by atoms with Crippen LogP contribution < -0.4 is 19.9 Å². The van der Waals surface area contributed by atoms with Gasteiger partial charge < -0.3 is 24.8 Å². The number of nitrogen functional groups attached to an aromatic ring is 1. The van der Waals surface area contributed by atoms with Crippen LogP contribution >= 0.6 is 0 Å². The molecule has 2 fully saturated rings. The lowest BCUT2D eigenvalue weighted by Gasteiger charge is -2.32. The maximum absolute atomic E-state index is 13.0. The number of piperidine rings is 1. The summed E-state index contributed by atoms with van der Waals surface area (Å²) in [6.45, 7) is 1.92. The monoisotopic (exact) mass is 426 g/mol. The Morgan fingerprint density at radius 3 is 2.45 bits per heavy atom. The molecular formula is C23H30N4O4. The minimum atomic E-state index is -0.0938. The van der Waals surface area contributed by atoms with Gasteiger partial charge in [0.2, 0.25) is 0 Å². The Morgan fingerprint density at radius 2 is 1.77 bits per heavy atom. The van der Waals surface area contributed by atoms with E-state index in [-0.39, 0.29) is 11.8 Å². The van der Waals surface area contributed by atoms with Crippen molar-refractivity contribution in [3.63, 3.8) is 0 Å². The van der Waals surface area contributed by atoms with E-state index in [1.54, 1.807) is 38.7 Å². The van der Waals surface area contributed by atoms with Crippen molar-refractivity contribution >= 4 is 11.7 Å². The number of anilines is 1. The van der Waals surface area contributed by atoms with Crippen LogP contribution in [0.25, 0.3) is 0 Å². The zero-order valence-electron chi connectivity index (χ0n) is 18.2. The van der Waals surface area contributed by atoms with Gasteiger partial charge in [0, 0.05) is 37.0 Å². The van der Waals surface area contributed by atoms with Crippen LogP contribution in [0.1, 0.15) is 54.1 Å². The van der Waals surface area contributed by atoms with Crippen LogP contribution in [-0.4, -0.2) is 54.7 Å². The van der Waals surface area contributed by atoms with Crippen molar-refractivity contribution in [2.75, 3.05) is 39.6 Å². The molecule has 4 rings (SSSR count). The van der Waals surface area contributed by atoms with Crippen molar-refractivity contribution < 1.29 is 19.0 Å². The number of nitrogens with two attached hydrogens (primary N) is 1. The van der Waals surface area contributed by atoms with Crippen LogP contribution in [0.5, 0.6) is 17.2 Å². The number of hydrogen-bond donors (Lipinski definition) is 1. The van der Waals surface area contributed by atoms with Crippen molar-refractivity contribution in [1.29, 1.82) is 0 Å². The lowest BCUT2D eigenvalue weighted by atomic mass is 9.89. The topological polar surface area (TPSA) is 99.8 Å². The van der Waals surface area contributed by atoms with Crippen molar-refractivity contribution in [1.82, 2.24) is 14.9 Å². The highest BCUT2D eigenvalue weighted by Crippen LogP contribution is 2.36. The summed E-state index contributed by atoms with van der Waals surface area (Å²) in [6.07, 6.45) is 8.67. The number of rotatable bonds is 8. The molecule has 2 aromatic rings. The zero-order valence-corrected chi connectivity index (χ0v) is 18.2. The number of ether oxygens (including phenoxy) is 3. The van der Waals surface area contributed by atoms with E-state index in [9.17, 15) is 4.79 Å². The molecule has 0 atom stereocenters. The molecule has 8 heteroatoms. The van der Waals surface area contributed by atoms with E-state index < -0.39 is 0 Å². The molecule has 1 aliphatic carbocycles. The average molecular weight is 427 g/mol. The van der Waals surface area contributed by atoms with Gasteiger partial charge in [-0.05, 0) is 31.1 Å². The Bertz CT molecular complexity index is 924. The number of nitrogens with zero attached hydrogens (tertiary/aromatic N) is 3. The van der Waals surface area contributed by atoms with Gasteiger partial charge in [0.15, 0.2) is 11.5 Å². The molecule has 166 valence electrons. The highest BCUT2D eigenvalue weighted by atomic mass is 16.5. The first-order valence-corrected chi connectivity index (χ1v) is 10.8. The third-order valence-corrected chi connectivity index (χ3v) is 6.11. The molecular weight excluding hydrogens is 396 g/mol. The van der Waals surface area contributed by atoms with Crippen LogP contribution in [0.4, 0.5) is 5.82 Å². The summed E-state index contributed by atoms with van der Waals surface area (Å²) in [6, 6.07) is 3.42. The molecule has 1 saturated carbocycles. The number of pyridine rings is 2. The Labute approximate surface area is 182 Å². The van der Waals surface area contributed by atoms with Crippen LogP contribution in [0.3, 0.4) is 0 Å². The first-order valence-electron chi connectivity index (χ1n) is 10.8. The summed E-state index contributed by atoms with van der Waals surface area (Å²) >= 11 is 0. The molecule has 2 N–H and O–H groups in total. The summed E-state index contributed by atoms with van der Waals surface area (Å²) in [5.74, 6) is 3.30. The van der Waals surface area contributed by atoms with E-state index in [2.05, 4.69) is 9.97 Å². The highest BCUT2D eigenvalue weighted by molar-refractivity contribution is 5.93. The van der Waals surface area contributed by atoms with E-state index >= 15 is 0 Å². The number of hydrogen-bond acceptors (Lipinski definition) is 7. The Kier molecular flexibility index (Phi) is 6.44. The molecule has 1 amide bonds. The van der Waals surface area contributed by atoms with Crippen molar-refractivity contribution in [3.05, 3.63) is 35.8 Å². The summed E-state index contributed by atoms with van der Waals surface area (Å²) in [5, 5.41) is 0. The van der Waals surface area contributed by atoms with Gasteiger partial charge in [0.1, 0.15) is 17.3 Å². The normalized spacial score (nSPS) is 16.8. The molecule has 1 saturated heterocycles. The lowest BCUT2D eigenvalue weighted by Crippen LogP contribution is -2.38. The molecule has 0 bridgehead atoms. The van der Waals surface area contributed by atoms with E-state index in [1.807, 2.05) is 4.90 Å². The third kappa shape index (κ3) is 5.00. The summed E-state index contributed by atoms with van der Waals surface area (Å²) in [5.41, 5.74) is 7.18. The fourth-order valence-electron chi connectivity index (χ4n) is 4.05. The number of carbonyl (C=O) groups excluding carboxylic acids is 1. The summed E-state index contributed by atoms with van der Waals surface area (Å²) < 4.78 is 16.7. The van der Waals surface area contributed by atoms with E-state index in [1.165, 1.54) is 12.8 Å². The van der Waals surface area contributed by atoms with Gasteiger partial charge in [0.25, 0.3) is 5.91 Å². The van der Waals surface area contributed by atoms with Crippen molar-refractivity contribution in [2.24, 2.45) is 5.92 Å². The standard InChI is InChI=1S/C23H30N4O4/c1-29-19-12-22(24)26-13-17(19)16-5-8-27(9-6-16)23(28)18-11-20(30-2)21(14-25-18)31-10-7-15-3-4-15/h11-16H,3-10H2,1-2H3,(H2,24,26). The van der Waals surface area contributed by atoms with Crippen LogP contribution in [0, 0.1) is 5.92 Å². The predicted molar refractivity (Wildman–Crippen MR) is 117 cm³/mol. The smallest absolute Gasteiger partial charge is 0.272 e. The Balaban J connectivity index is 1.37. The average Bonchev–Trinajstić information content (AvgIpc) is 3.63. The number of amides is 1. The fraction of sp³-hybridized carbons (Fsp3) is 0.522. The quantitative estimate of drug-likeness (QED) is 0.691. The molecule has 0 spiro atoms. The number of carbonyl (C=O) groups is 1. The van der Waals surface area contributed by atoms with Gasteiger partial charge in [-0.15, -0.1) is 0 Å². The maximum atomic E-state index is 13.0. The molecule has 0 radical (unpaired) electrons. The van der Waals surface area contributed by atoms with E-state index in [0.717, 1.165) is 36.5 Å². The largest absolute Gasteiger partial charge is 0.496 e. The molecule has 31 heavy (non-hydrogen) atoms. The second-order valence-corrected chi connectivity index (χ2v) is 8.22. The predicted octanol–water partition coefficient (Wildman–Crippen LogP) is 3.27. The second-order valence-electron chi connectivity index (χ2n) is 8.22. The summed E-state index contributed by atoms with van der Waals surface area (Å²) in [7, 11) is 3.21. The van der Waals surface area contributed by atoms with Gasteiger partial charge in [-0.2, -0.15) is 0 Å². The molecule has 3 heterocycles. The minimum absolute atomic E-state index is 0.0938. The highest BCUT2D eigenvalue weighted by Gasteiger charge is 2.28. The van der Waals surface area contributed by atoms with Gasteiger partial charge in [-0.3, -0.25) is 4.79 Å². The maximum Gasteiger partial charge on any atom is 0.272 e. The molecule has 1 aliphatic heterocycles. The van der Waals surface area contributed by atoms with Gasteiger partial charge >= 0.3 is 0 Å². The number of likely N-dealkylation sites (tertiary alicyclic amines) is 1. The molecule has 0 unspecified atom stereocenters. The molecule has 2 aliphatic rings. The SMILES string of the molecule is COc1cc(C(=O)N2CCC(c3cnc(N)cc3OC)CC2)ncc1OCCC1CC1. The van der Waals surface area contributed by atoms with Crippen LogP contribution in [-0.2, 0) is 0 Å². The number of aromatic nitrogens is 2. The Hall–Kier alpha value is -3.03. The van der Waals surface area contributed by atoms with Gasteiger partial charge in [0.05, 0.1) is 27.0 Å². The van der Waals surface area contributed by atoms with Crippen LogP contribution in [0.2, 0.25) is 0 Å². The first-order chi connectivity index (χ1) is 15.1. The molecule has 2 aromatic heterocycles. The van der Waals surface area contributed by atoms with Crippen LogP contribution in [0.15, 0.2) is 24.5 Å². The van der Waals surface area contributed by atoms with E-state index in [0.29, 0.717) is 42.7 Å². The lowest BCUT2D eigenvalue weighted by molar-refractivity contribution is 0.0706. The molecule has 0 aromatic carbocycles. The van der Waals surface area contributed by atoms with E-state index in [4.69, 9.17) is 19.9 Å². The Morgan fingerprint density at radius 1 is 1.03 bits per heavy atom. The zero-order chi connectivity index (χ0) is 21.8. The van der Waals surface area contributed by atoms with Gasteiger partial charge in [-0.1, -0.05) is 12.8 Å².